The van der Waals surface area contributed by atoms with Crippen LogP contribution in [-0.4, -0.2) is 162 Å². The van der Waals surface area contributed by atoms with Gasteiger partial charge in [-0.15, -0.1) is 12.4 Å². The fourth-order valence-corrected chi connectivity index (χ4v) is 8.66. The molecule has 0 heterocycles. The highest BCUT2D eigenvalue weighted by atomic mass is 35.5. The number of aliphatic imine (C=N–C) groups is 1. The summed E-state index contributed by atoms with van der Waals surface area (Å²) in [5.74, 6) is 4.42. The van der Waals surface area contributed by atoms with Crippen LogP contribution in [0.15, 0.2) is 126 Å². The van der Waals surface area contributed by atoms with E-state index in [9.17, 15) is 52.7 Å². The van der Waals surface area contributed by atoms with Gasteiger partial charge in [-0.3, -0.25) is 44.3 Å². The molecule has 0 saturated carbocycles. The Morgan fingerprint density at radius 2 is 0.566 bits per heavy atom. The SMILES string of the molecule is CC(C)[C@H](N=C=O)C(=O)c1ccccc1.CC(C)[C@H](NC(=O)OC(C)(C)C)C(=O)c1ccccc1.CC(C)[C@H](NC(=O)OC(C)(C)C)C(=O)c1ccccc1.CC(C)[C@H](NN)C(=O)c1ccccc1.CON(C)C(=O)[C@@H](NC(=O)OC(C)(C)C)C(C)C.CON(C)C(=O)[C@@H](NC(=O)OC(C)(C)C)C(C)C.Cl. The van der Waals surface area contributed by atoms with E-state index < -0.39 is 77.0 Å². The molecular weight excluding hydrogens is 1380 g/mol. The Morgan fingerprint density at radius 3 is 0.745 bits per heavy atom. The van der Waals surface area contributed by atoms with Crippen LogP contribution in [-0.2, 0) is 43.0 Å². The molecule has 4 aromatic carbocycles. The number of carbonyl (C=O) groups excluding carboxylic acids is 11. The molecule has 0 spiro atoms. The summed E-state index contributed by atoms with van der Waals surface area (Å²) in [4.78, 5) is 143. The number of halogens is 1. The lowest BCUT2D eigenvalue weighted by Gasteiger charge is -2.27. The zero-order valence-corrected chi connectivity index (χ0v) is 68.6. The van der Waals surface area contributed by atoms with Crippen molar-refractivity contribution in [3.63, 3.8) is 0 Å². The van der Waals surface area contributed by atoms with E-state index in [-0.39, 0.29) is 88.9 Å². The molecule has 594 valence electrons. The summed E-state index contributed by atoms with van der Waals surface area (Å²) in [7, 11) is 5.77. The number of nitrogens with zero attached hydrogens (tertiary/aromatic N) is 3. The van der Waals surface area contributed by atoms with Crippen LogP contribution in [0.4, 0.5) is 19.2 Å². The molecule has 26 nitrogen and oxygen atoms in total. The topological polar surface area (TPSA) is 348 Å². The predicted molar refractivity (Wildman–Crippen MR) is 415 cm³/mol. The number of carbonyl (C=O) groups is 10. The number of hydrogen-bond acceptors (Lipinski definition) is 20. The lowest BCUT2D eigenvalue weighted by atomic mass is 9.95. The molecule has 106 heavy (non-hydrogen) atoms. The molecule has 0 aromatic heterocycles. The number of ether oxygens (including phenoxy) is 4. The van der Waals surface area contributed by atoms with Crippen LogP contribution in [0, 0.1) is 35.5 Å². The van der Waals surface area contributed by atoms with E-state index in [1.54, 1.807) is 168 Å². The van der Waals surface area contributed by atoms with Gasteiger partial charge in [0, 0.05) is 36.3 Å². The standard InChI is InChI=1S/2C16H23NO3.2C12H24N2O4.C12H13NO2.C11H16N2O.ClH/c2*1-11(2)13(17-15(19)20-16(3,4)5)14(18)12-9-7-6-8-10-12;2*1-8(2)9(10(15)14(6)17-7)13-11(16)18-12(3,4)5;1-9(2)11(13-8-14)12(15)10-6-4-3-5-7-10;1-8(2)10(13-12)11(14)9-6-4-3-5-7-9;/h2*6-11,13H,1-5H3,(H,17,19);2*8-9H,1-7H3,(H,13,16);3-7,9,11H,1-2H3;3-8,10,13H,12H2,1-2H3;1H/t2*13-;2*9-;11-;10-;/m000000./s1. The maximum atomic E-state index is 12.4. The lowest BCUT2D eigenvalue weighted by Crippen LogP contribution is -2.51. The van der Waals surface area contributed by atoms with Gasteiger partial charge in [-0.2, -0.15) is 4.99 Å². The van der Waals surface area contributed by atoms with Gasteiger partial charge in [-0.05, 0) is 119 Å². The van der Waals surface area contributed by atoms with E-state index in [1.165, 1.54) is 34.4 Å². The Hall–Kier alpha value is -8.91. The summed E-state index contributed by atoms with van der Waals surface area (Å²) < 4.78 is 20.6. The minimum atomic E-state index is -0.676. The van der Waals surface area contributed by atoms with Crippen molar-refractivity contribution in [2.45, 2.75) is 225 Å². The van der Waals surface area contributed by atoms with Crippen LogP contribution < -0.4 is 32.5 Å². The molecule has 0 aliphatic carbocycles. The van der Waals surface area contributed by atoms with Gasteiger partial charge in [0.25, 0.3) is 11.8 Å². The molecule has 0 aliphatic heterocycles. The average Bonchev–Trinajstić information content (AvgIpc) is 0.867. The first-order valence-electron chi connectivity index (χ1n) is 34.9. The number of hydroxylamine groups is 4. The number of rotatable bonds is 24. The Labute approximate surface area is 636 Å². The van der Waals surface area contributed by atoms with Gasteiger partial charge >= 0.3 is 24.4 Å². The lowest BCUT2D eigenvalue weighted by molar-refractivity contribution is -0.172. The average molecular weight is 1510 g/mol. The number of amides is 6. The number of nitrogens with one attached hydrogen (secondary N) is 5. The highest BCUT2D eigenvalue weighted by Gasteiger charge is 2.33. The second-order valence-electron chi connectivity index (χ2n) is 30.2. The molecule has 6 amide bonds. The minimum absolute atomic E-state index is 0. The van der Waals surface area contributed by atoms with Crippen molar-refractivity contribution in [2.75, 3.05) is 28.3 Å². The molecule has 7 N–H and O–H groups in total. The first kappa shape index (κ1) is 101. The van der Waals surface area contributed by atoms with Gasteiger partial charge in [-0.25, -0.2) is 39.5 Å². The molecule has 0 radical (unpaired) electrons. The van der Waals surface area contributed by atoms with Crippen LogP contribution in [0.25, 0.3) is 0 Å². The Bertz CT molecular complexity index is 3180. The fraction of sp³-hybridized carbons (Fsp3) is 0.557. The molecular formula is C79H124ClN9O17. The van der Waals surface area contributed by atoms with Gasteiger partial charge in [-0.1, -0.05) is 204 Å². The first-order valence-corrected chi connectivity index (χ1v) is 34.9. The third-order valence-corrected chi connectivity index (χ3v) is 14.1. The predicted octanol–water partition coefficient (Wildman–Crippen LogP) is 14.0. The number of alkyl carbamates (subject to hydrolysis) is 4. The van der Waals surface area contributed by atoms with Crippen molar-refractivity contribution in [1.29, 1.82) is 0 Å². The van der Waals surface area contributed by atoms with E-state index in [4.69, 9.17) is 34.5 Å². The first-order chi connectivity index (χ1) is 48.4. The number of ketones is 4. The van der Waals surface area contributed by atoms with Crippen LogP contribution >= 0.6 is 12.4 Å². The van der Waals surface area contributed by atoms with Gasteiger partial charge in [0.15, 0.2) is 23.1 Å². The summed E-state index contributed by atoms with van der Waals surface area (Å²) in [6.07, 6.45) is -0.908. The molecule has 0 saturated heterocycles. The maximum absolute atomic E-state index is 12.4. The van der Waals surface area contributed by atoms with Crippen LogP contribution in [0.5, 0.6) is 0 Å². The van der Waals surface area contributed by atoms with Crippen molar-refractivity contribution in [3.05, 3.63) is 144 Å². The van der Waals surface area contributed by atoms with Crippen molar-refractivity contribution >= 4 is 77.8 Å². The summed E-state index contributed by atoms with van der Waals surface area (Å²) in [5, 5.41) is 12.6. The summed E-state index contributed by atoms with van der Waals surface area (Å²) in [5.41, 5.74) is 2.64. The van der Waals surface area contributed by atoms with Gasteiger partial charge in [0.2, 0.25) is 6.08 Å². The van der Waals surface area contributed by atoms with E-state index in [2.05, 4.69) is 31.7 Å². The molecule has 4 aromatic rings. The number of isocyanates is 1. The molecule has 27 heteroatoms. The maximum Gasteiger partial charge on any atom is 0.408 e. The van der Waals surface area contributed by atoms with E-state index in [0.717, 1.165) is 10.1 Å². The molecule has 0 aliphatic rings. The second-order valence-corrected chi connectivity index (χ2v) is 30.2. The summed E-state index contributed by atoms with van der Waals surface area (Å²) >= 11 is 0. The number of likely N-dealkylation sites (N-methyl/N-ethyl adjacent to an activating group) is 2. The monoisotopic (exact) mass is 1510 g/mol. The zero-order chi connectivity index (χ0) is 81.5. The number of nitrogens with two attached hydrogens (primary N) is 1. The Morgan fingerprint density at radius 1 is 0.358 bits per heavy atom. The van der Waals surface area contributed by atoms with Crippen molar-refractivity contribution < 1.29 is 81.4 Å². The van der Waals surface area contributed by atoms with E-state index in [1.807, 2.05) is 119 Å². The zero-order valence-electron chi connectivity index (χ0n) is 67.7. The summed E-state index contributed by atoms with van der Waals surface area (Å²) in [6, 6.07) is 32.5. The molecule has 0 unspecified atom stereocenters. The fourth-order valence-electron chi connectivity index (χ4n) is 8.66. The van der Waals surface area contributed by atoms with Crippen molar-refractivity contribution in [1.82, 2.24) is 36.8 Å². The number of hydrazine groups is 1. The van der Waals surface area contributed by atoms with E-state index >= 15 is 0 Å². The molecule has 0 fully saturated rings. The molecule has 6 atom stereocenters. The number of Topliss-reactive ketones (excluding diaryl/α,β-unsaturated/α-hetero) is 4. The van der Waals surface area contributed by atoms with Crippen molar-refractivity contribution in [2.24, 2.45) is 46.3 Å². The van der Waals surface area contributed by atoms with Gasteiger partial charge in [0.1, 0.15) is 40.5 Å². The van der Waals surface area contributed by atoms with Crippen LogP contribution in [0.3, 0.4) is 0 Å². The number of benzene rings is 4. The van der Waals surface area contributed by atoms with Crippen LogP contribution in [0.1, 0.15) is 208 Å². The highest BCUT2D eigenvalue weighted by molar-refractivity contribution is 6.03. The van der Waals surface area contributed by atoms with Crippen LogP contribution in [0.2, 0.25) is 0 Å². The molecule has 0 bridgehead atoms. The number of hydrogen-bond donors (Lipinski definition) is 6. The quantitative estimate of drug-likeness (QED) is 0.00947. The van der Waals surface area contributed by atoms with Gasteiger partial charge in [0.05, 0.1) is 32.3 Å². The van der Waals surface area contributed by atoms with E-state index in [0.29, 0.717) is 22.3 Å². The Balaban J connectivity index is -0.00000120. The third kappa shape index (κ3) is 42.9. The highest BCUT2D eigenvalue weighted by Crippen LogP contribution is 2.19. The third-order valence-electron chi connectivity index (χ3n) is 14.1. The van der Waals surface area contributed by atoms with Gasteiger partial charge < -0.3 is 40.2 Å². The molecule has 4 rings (SSSR count). The Kier molecular flexibility index (Phi) is 47.6. The van der Waals surface area contributed by atoms with Crippen molar-refractivity contribution in [3.8, 4) is 0 Å². The largest absolute Gasteiger partial charge is 0.444 e. The minimum Gasteiger partial charge on any atom is -0.444 e. The normalized spacial score (nSPS) is 12.7. The smallest absolute Gasteiger partial charge is 0.408 e. The summed E-state index contributed by atoms with van der Waals surface area (Å²) in [6.45, 7) is 43.9. The second kappa shape index (κ2) is 49.8.